The van der Waals surface area contributed by atoms with Gasteiger partial charge in [0, 0.05) is 10.9 Å². The van der Waals surface area contributed by atoms with E-state index in [1.807, 2.05) is 16.8 Å². The van der Waals surface area contributed by atoms with E-state index in [-0.39, 0.29) is 0 Å². The summed E-state index contributed by atoms with van der Waals surface area (Å²) in [6.45, 7) is 3.34. The Morgan fingerprint density at radius 1 is 1.69 bits per heavy atom. The summed E-state index contributed by atoms with van der Waals surface area (Å²) >= 11 is 1.81. The number of aromatic nitrogens is 1. The smallest absolute Gasteiger partial charge is 0.0798 e. The van der Waals surface area contributed by atoms with E-state index in [9.17, 15) is 0 Å². The summed E-state index contributed by atoms with van der Waals surface area (Å²) in [5.74, 6) is 0. The molecule has 0 bridgehead atoms. The van der Waals surface area contributed by atoms with E-state index in [0.717, 1.165) is 6.54 Å². The van der Waals surface area contributed by atoms with E-state index in [2.05, 4.69) is 17.2 Å². The van der Waals surface area contributed by atoms with Gasteiger partial charge in [0.1, 0.15) is 0 Å². The second kappa shape index (κ2) is 4.20. The van der Waals surface area contributed by atoms with Crippen LogP contribution in [-0.2, 0) is 6.42 Å². The number of fused-ring (bicyclic) bond motifs is 1. The largest absolute Gasteiger partial charge is 0.309 e. The monoisotopic (exact) mass is 196 g/mol. The third-order valence-corrected chi connectivity index (χ3v) is 3.52. The fourth-order valence-corrected chi connectivity index (χ4v) is 2.82. The number of thiazole rings is 1. The van der Waals surface area contributed by atoms with E-state index in [0.29, 0.717) is 6.04 Å². The molecule has 0 saturated carbocycles. The fraction of sp³-hybridized carbons (Fsp3) is 0.700. The molecule has 1 aliphatic carbocycles. The zero-order valence-electron chi connectivity index (χ0n) is 8.05. The van der Waals surface area contributed by atoms with Gasteiger partial charge in [0.15, 0.2) is 0 Å². The number of hydrogen-bond acceptors (Lipinski definition) is 3. The summed E-state index contributed by atoms with van der Waals surface area (Å²) in [6, 6.07) is 0.594. The van der Waals surface area contributed by atoms with Crippen LogP contribution in [0.5, 0.6) is 0 Å². The lowest BCUT2D eigenvalue weighted by Gasteiger charge is -2.22. The number of rotatable bonds is 3. The molecule has 1 atom stereocenters. The van der Waals surface area contributed by atoms with Crippen LogP contribution in [0.1, 0.15) is 42.8 Å². The van der Waals surface area contributed by atoms with Crippen LogP contribution >= 0.6 is 11.3 Å². The maximum Gasteiger partial charge on any atom is 0.0798 e. The molecule has 2 rings (SSSR count). The van der Waals surface area contributed by atoms with E-state index >= 15 is 0 Å². The highest BCUT2D eigenvalue weighted by molar-refractivity contribution is 7.09. The molecule has 0 saturated heterocycles. The van der Waals surface area contributed by atoms with Crippen molar-refractivity contribution in [1.82, 2.24) is 10.3 Å². The van der Waals surface area contributed by atoms with Crippen LogP contribution in [0.25, 0.3) is 0 Å². The van der Waals surface area contributed by atoms with Crippen molar-refractivity contribution in [2.45, 2.75) is 38.6 Å². The fourth-order valence-electron chi connectivity index (χ4n) is 1.87. The quantitative estimate of drug-likeness (QED) is 0.803. The van der Waals surface area contributed by atoms with Gasteiger partial charge in [-0.25, -0.2) is 4.98 Å². The van der Waals surface area contributed by atoms with Crippen molar-refractivity contribution in [3.63, 3.8) is 0 Å². The molecule has 1 aromatic rings. The van der Waals surface area contributed by atoms with Gasteiger partial charge in [-0.15, -0.1) is 11.3 Å². The van der Waals surface area contributed by atoms with Crippen LogP contribution in [0.2, 0.25) is 0 Å². The summed E-state index contributed by atoms with van der Waals surface area (Å²) in [5.41, 5.74) is 3.32. The Balaban J connectivity index is 2.07. The number of hydrogen-bond donors (Lipinski definition) is 1. The minimum absolute atomic E-state index is 0.594. The van der Waals surface area contributed by atoms with E-state index in [1.165, 1.54) is 36.3 Å². The van der Waals surface area contributed by atoms with Crippen LogP contribution in [0.15, 0.2) is 5.51 Å². The van der Waals surface area contributed by atoms with Crippen molar-refractivity contribution in [2.75, 3.05) is 6.54 Å². The summed E-state index contributed by atoms with van der Waals surface area (Å²) in [7, 11) is 0. The Morgan fingerprint density at radius 3 is 3.46 bits per heavy atom. The number of nitrogens with zero attached hydrogens (tertiary/aromatic N) is 1. The molecule has 1 aromatic heterocycles. The average Bonchev–Trinajstić information content (AvgIpc) is 2.62. The Labute approximate surface area is 83.4 Å². The van der Waals surface area contributed by atoms with Gasteiger partial charge in [-0.05, 0) is 32.2 Å². The molecule has 1 heterocycles. The molecule has 2 nitrogen and oxygen atoms in total. The van der Waals surface area contributed by atoms with Crippen molar-refractivity contribution >= 4 is 11.3 Å². The third-order valence-electron chi connectivity index (χ3n) is 2.54. The molecule has 72 valence electrons. The van der Waals surface area contributed by atoms with E-state index in [1.54, 1.807) is 0 Å². The van der Waals surface area contributed by atoms with Gasteiger partial charge in [-0.2, -0.15) is 0 Å². The van der Waals surface area contributed by atoms with Crippen molar-refractivity contribution in [3.8, 4) is 0 Å². The summed E-state index contributed by atoms with van der Waals surface area (Å²) < 4.78 is 0. The maximum absolute atomic E-state index is 4.39. The van der Waals surface area contributed by atoms with Crippen LogP contribution in [0.4, 0.5) is 0 Å². The predicted molar refractivity (Wildman–Crippen MR) is 56.1 cm³/mol. The van der Waals surface area contributed by atoms with E-state index < -0.39 is 0 Å². The standard InChI is InChI=1S/C10H16N2S/c1-2-6-11-8-4-3-5-9-10(8)13-7-12-9/h7-8,11H,2-6H2,1H3. The first-order chi connectivity index (χ1) is 6.42. The maximum atomic E-state index is 4.39. The first kappa shape index (κ1) is 9.16. The summed E-state index contributed by atoms with van der Waals surface area (Å²) in [4.78, 5) is 5.88. The van der Waals surface area contributed by atoms with Crippen LogP contribution in [-0.4, -0.2) is 11.5 Å². The third kappa shape index (κ3) is 1.92. The van der Waals surface area contributed by atoms with Crippen LogP contribution < -0.4 is 5.32 Å². The Bertz CT molecular complexity index is 270. The molecule has 1 aliphatic rings. The molecule has 0 aromatic carbocycles. The van der Waals surface area contributed by atoms with E-state index in [4.69, 9.17) is 0 Å². The predicted octanol–water partition coefficient (Wildman–Crippen LogP) is 2.52. The lowest BCUT2D eigenvalue weighted by molar-refractivity contribution is 0.464. The topological polar surface area (TPSA) is 24.9 Å². The van der Waals surface area contributed by atoms with Crippen molar-refractivity contribution in [3.05, 3.63) is 16.1 Å². The molecule has 1 N–H and O–H groups in total. The Hall–Kier alpha value is -0.410. The zero-order valence-corrected chi connectivity index (χ0v) is 8.86. The molecule has 0 aliphatic heterocycles. The first-order valence-corrected chi connectivity index (χ1v) is 5.95. The molecule has 0 spiro atoms. The second-order valence-electron chi connectivity index (χ2n) is 3.56. The lowest BCUT2D eigenvalue weighted by atomic mass is 9.98. The van der Waals surface area contributed by atoms with Crippen LogP contribution in [0, 0.1) is 0 Å². The normalized spacial score (nSPS) is 21.5. The number of aryl methyl sites for hydroxylation is 1. The van der Waals surface area contributed by atoms with Crippen molar-refractivity contribution in [1.29, 1.82) is 0 Å². The van der Waals surface area contributed by atoms with Gasteiger partial charge >= 0.3 is 0 Å². The minimum Gasteiger partial charge on any atom is -0.309 e. The average molecular weight is 196 g/mol. The molecule has 0 amide bonds. The first-order valence-electron chi connectivity index (χ1n) is 5.07. The molecule has 0 fully saturated rings. The van der Waals surface area contributed by atoms with Gasteiger partial charge < -0.3 is 5.32 Å². The van der Waals surface area contributed by atoms with Crippen LogP contribution in [0.3, 0.4) is 0 Å². The molecule has 0 radical (unpaired) electrons. The molecule has 3 heteroatoms. The van der Waals surface area contributed by atoms with Crippen molar-refractivity contribution < 1.29 is 0 Å². The lowest BCUT2D eigenvalue weighted by Crippen LogP contribution is -2.24. The SMILES string of the molecule is CCCNC1CCCc2ncsc21. The Kier molecular flexibility index (Phi) is 2.96. The second-order valence-corrected chi connectivity index (χ2v) is 4.45. The number of nitrogens with one attached hydrogen (secondary N) is 1. The highest BCUT2D eigenvalue weighted by Crippen LogP contribution is 2.31. The minimum atomic E-state index is 0.594. The van der Waals surface area contributed by atoms with Crippen molar-refractivity contribution in [2.24, 2.45) is 0 Å². The highest BCUT2D eigenvalue weighted by Gasteiger charge is 2.21. The molecular formula is C10H16N2S. The zero-order chi connectivity index (χ0) is 9.10. The molecular weight excluding hydrogens is 180 g/mol. The molecule has 1 unspecified atom stereocenters. The molecule has 13 heavy (non-hydrogen) atoms. The van der Waals surface area contributed by atoms with Gasteiger partial charge in [-0.1, -0.05) is 6.92 Å². The van der Waals surface area contributed by atoms with Gasteiger partial charge in [0.25, 0.3) is 0 Å². The Morgan fingerprint density at radius 2 is 2.62 bits per heavy atom. The van der Waals surface area contributed by atoms with Gasteiger partial charge in [0.2, 0.25) is 0 Å². The van der Waals surface area contributed by atoms with Gasteiger partial charge in [0.05, 0.1) is 11.2 Å². The summed E-state index contributed by atoms with van der Waals surface area (Å²) in [5, 5.41) is 3.58. The van der Waals surface area contributed by atoms with Gasteiger partial charge in [-0.3, -0.25) is 0 Å². The summed E-state index contributed by atoms with van der Waals surface area (Å²) in [6.07, 6.45) is 4.97. The highest BCUT2D eigenvalue weighted by atomic mass is 32.1.